The summed E-state index contributed by atoms with van der Waals surface area (Å²) in [5.41, 5.74) is 0. The summed E-state index contributed by atoms with van der Waals surface area (Å²) in [4.78, 5) is 0. The van der Waals surface area contributed by atoms with Crippen molar-refractivity contribution in [2.24, 2.45) is 11.8 Å². The van der Waals surface area contributed by atoms with Crippen LogP contribution in [0.4, 0.5) is 0 Å². The van der Waals surface area contributed by atoms with Crippen LogP contribution in [0, 0.1) is 11.8 Å². The first kappa shape index (κ1) is 17.7. The Morgan fingerprint density at radius 3 is 2.06 bits per heavy atom. The van der Waals surface area contributed by atoms with E-state index in [9.17, 15) is 0 Å². The molecule has 0 fully saturated rings. The van der Waals surface area contributed by atoms with Crippen molar-refractivity contribution in [1.29, 1.82) is 0 Å². The fourth-order valence-corrected chi connectivity index (χ4v) is 2.33. The molecule has 0 heterocycles. The summed E-state index contributed by atoms with van der Waals surface area (Å²) in [5.74, 6) is 1.61. The van der Waals surface area contributed by atoms with Crippen molar-refractivity contribution in [1.82, 2.24) is 0 Å². The molecule has 0 aromatic rings. The maximum atomic E-state index is 2.45. The van der Waals surface area contributed by atoms with E-state index in [-0.39, 0.29) is 0 Å². The molecular weight excluding hydrogens is 216 g/mol. The summed E-state index contributed by atoms with van der Waals surface area (Å²) in [5, 5.41) is 0. The highest BCUT2D eigenvalue weighted by Crippen LogP contribution is 2.19. The number of rotatable bonds is 12. The van der Waals surface area contributed by atoms with Crippen molar-refractivity contribution < 1.29 is 0 Å². The van der Waals surface area contributed by atoms with Crippen molar-refractivity contribution in [2.75, 3.05) is 0 Å². The smallest absolute Gasteiger partial charge is 0.0236 e. The molecule has 0 bridgehead atoms. The van der Waals surface area contributed by atoms with E-state index in [1.54, 1.807) is 0 Å². The molecule has 2 atom stereocenters. The zero-order valence-electron chi connectivity index (χ0n) is 13.4. The molecule has 0 aliphatic rings. The van der Waals surface area contributed by atoms with E-state index in [0.29, 0.717) is 0 Å². The standard InChI is InChI=1S/C18H36/c1-5-7-9-10-11-12-13-14-16-18(4)17(3)15-8-6-2/h14,16-18H,5-13,15H2,1-4H3/b16-14+. The summed E-state index contributed by atoms with van der Waals surface area (Å²) < 4.78 is 0. The SMILES string of the molecule is CCCCCCCC/C=C/C(C)C(C)CCCC. The normalized spacial score (nSPS) is 15.1. The summed E-state index contributed by atoms with van der Waals surface area (Å²) in [6.45, 7) is 9.34. The molecule has 108 valence electrons. The van der Waals surface area contributed by atoms with Crippen molar-refractivity contribution in [3.8, 4) is 0 Å². The molecule has 0 aromatic carbocycles. The molecule has 0 aromatic heterocycles. The minimum atomic E-state index is 0.761. The van der Waals surface area contributed by atoms with Gasteiger partial charge in [-0.15, -0.1) is 0 Å². The lowest BCUT2D eigenvalue weighted by Crippen LogP contribution is -2.04. The highest BCUT2D eigenvalue weighted by Gasteiger charge is 2.07. The Morgan fingerprint density at radius 2 is 1.39 bits per heavy atom. The van der Waals surface area contributed by atoms with Crippen molar-refractivity contribution in [3.05, 3.63) is 12.2 Å². The molecular formula is C18H36. The Kier molecular flexibility index (Phi) is 13.0. The van der Waals surface area contributed by atoms with E-state index >= 15 is 0 Å². The zero-order valence-corrected chi connectivity index (χ0v) is 13.4. The highest BCUT2D eigenvalue weighted by molar-refractivity contribution is 4.88. The second kappa shape index (κ2) is 13.2. The highest BCUT2D eigenvalue weighted by atomic mass is 14.1. The van der Waals surface area contributed by atoms with Gasteiger partial charge in [-0.3, -0.25) is 0 Å². The second-order valence-electron chi connectivity index (χ2n) is 5.96. The number of hydrogen-bond donors (Lipinski definition) is 0. The predicted molar refractivity (Wildman–Crippen MR) is 85.0 cm³/mol. The van der Waals surface area contributed by atoms with Crippen molar-refractivity contribution >= 4 is 0 Å². The molecule has 0 N–H and O–H groups in total. The maximum absolute atomic E-state index is 2.45. The molecule has 0 spiro atoms. The second-order valence-corrected chi connectivity index (χ2v) is 5.96. The van der Waals surface area contributed by atoms with Crippen molar-refractivity contribution in [3.63, 3.8) is 0 Å². The van der Waals surface area contributed by atoms with Gasteiger partial charge < -0.3 is 0 Å². The van der Waals surface area contributed by atoms with Crippen LogP contribution in [0.1, 0.15) is 91.9 Å². The zero-order chi connectivity index (χ0) is 13.6. The van der Waals surface area contributed by atoms with E-state index in [1.165, 1.54) is 64.2 Å². The largest absolute Gasteiger partial charge is 0.0883 e. The molecule has 0 nitrogen and oxygen atoms in total. The minimum Gasteiger partial charge on any atom is -0.0883 e. The first-order valence-electron chi connectivity index (χ1n) is 8.39. The minimum absolute atomic E-state index is 0.761. The van der Waals surface area contributed by atoms with Gasteiger partial charge in [-0.2, -0.15) is 0 Å². The van der Waals surface area contributed by atoms with Crippen LogP contribution in [0.15, 0.2) is 12.2 Å². The van der Waals surface area contributed by atoms with Gasteiger partial charge in [-0.1, -0.05) is 91.2 Å². The van der Waals surface area contributed by atoms with Gasteiger partial charge in [0.1, 0.15) is 0 Å². The van der Waals surface area contributed by atoms with Crippen LogP contribution in [0.5, 0.6) is 0 Å². The molecule has 0 amide bonds. The maximum Gasteiger partial charge on any atom is -0.0236 e. The van der Waals surface area contributed by atoms with Gasteiger partial charge in [0.2, 0.25) is 0 Å². The van der Waals surface area contributed by atoms with Crippen LogP contribution in [0.3, 0.4) is 0 Å². The molecule has 0 aliphatic heterocycles. The Balaban J connectivity index is 3.44. The Labute approximate surface area is 116 Å². The first-order valence-corrected chi connectivity index (χ1v) is 8.39. The van der Waals surface area contributed by atoms with Crippen LogP contribution < -0.4 is 0 Å². The van der Waals surface area contributed by atoms with E-state index in [2.05, 4.69) is 39.8 Å². The van der Waals surface area contributed by atoms with Crippen LogP contribution in [0.2, 0.25) is 0 Å². The predicted octanol–water partition coefficient (Wildman–Crippen LogP) is 6.76. The topological polar surface area (TPSA) is 0 Å². The number of allylic oxidation sites excluding steroid dienone is 2. The fourth-order valence-electron chi connectivity index (χ4n) is 2.33. The van der Waals surface area contributed by atoms with Crippen LogP contribution >= 0.6 is 0 Å². The molecule has 0 aliphatic carbocycles. The summed E-state index contributed by atoms with van der Waals surface area (Å²) in [6, 6.07) is 0. The average Bonchev–Trinajstić information content (AvgIpc) is 2.38. The molecule has 0 saturated carbocycles. The third-order valence-corrected chi connectivity index (χ3v) is 4.07. The van der Waals surface area contributed by atoms with Crippen LogP contribution in [-0.4, -0.2) is 0 Å². The van der Waals surface area contributed by atoms with Crippen molar-refractivity contribution in [2.45, 2.75) is 91.9 Å². The molecule has 0 rings (SSSR count). The van der Waals surface area contributed by atoms with Gasteiger partial charge in [0.05, 0.1) is 0 Å². The Morgan fingerprint density at radius 1 is 0.778 bits per heavy atom. The lowest BCUT2D eigenvalue weighted by molar-refractivity contribution is 0.413. The lowest BCUT2D eigenvalue weighted by atomic mass is 9.90. The summed E-state index contributed by atoms with van der Waals surface area (Å²) in [6.07, 6.45) is 18.7. The molecule has 2 unspecified atom stereocenters. The number of unbranched alkanes of at least 4 members (excludes halogenated alkanes) is 7. The molecule has 0 radical (unpaired) electrons. The third-order valence-electron chi connectivity index (χ3n) is 4.07. The molecule has 0 saturated heterocycles. The number of hydrogen-bond acceptors (Lipinski definition) is 0. The summed E-state index contributed by atoms with van der Waals surface area (Å²) >= 11 is 0. The third kappa shape index (κ3) is 10.9. The lowest BCUT2D eigenvalue weighted by Gasteiger charge is -2.15. The van der Waals surface area contributed by atoms with Gasteiger partial charge in [-0.05, 0) is 24.7 Å². The van der Waals surface area contributed by atoms with E-state index in [1.807, 2.05) is 0 Å². The van der Waals surface area contributed by atoms with Gasteiger partial charge in [-0.25, -0.2) is 0 Å². The fraction of sp³-hybridized carbons (Fsp3) is 0.889. The van der Waals surface area contributed by atoms with Gasteiger partial charge in [0.25, 0.3) is 0 Å². The van der Waals surface area contributed by atoms with E-state index in [4.69, 9.17) is 0 Å². The Bertz CT molecular complexity index is 180. The molecule has 0 heteroatoms. The van der Waals surface area contributed by atoms with Gasteiger partial charge in [0, 0.05) is 0 Å². The first-order chi connectivity index (χ1) is 8.72. The Hall–Kier alpha value is -0.260. The monoisotopic (exact) mass is 252 g/mol. The quantitative estimate of drug-likeness (QED) is 0.266. The van der Waals surface area contributed by atoms with Crippen LogP contribution in [0.25, 0.3) is 0 Å². The van der Waals surface area contributed by atoms with E-state index in [0.717, 1.165) is 11.8 Å². The van der Waals surface area contributed by atoms with Gasteiger partial charge >= 0.3 is 0 Å². The average molecular weight is 252 g/mol. The van der Waals surface area contributed by atoms with Crippen LogP contribution in [-0.2, 0) is 0 Å². The van der Waals surface area contributed by atoms with E-state index < -0.39 is 0 Å². The molecule has 18 heavy (non-hydrogen) atoms. The van der Waals surface area contributed by atoms with Gasteiger partial charge in [0.15, 0.2) is 0 Å². The summed E-state index contributed by atoms with van der Waals surface area (Å²) in [7, 11) is 0.